The van der Waals surface area contributed by atoms with E-state index in [1.54, 1.807) is 84.9 Å². The SMILES string of the molecule is O=C(Cc1ccccc1)O[C@@H](c1ccccc1)[C@@H](NC(=O)OCc1ccccc1)C(F)F. The molecule has 0 heterocycles. The Morgan fingerprint density at radius 3 is 1.88 bits per heavy atom. The highest BCUT2D eigenvalue weighted by molar-refractivity contribution is 5.73. The van der Waals surface area contributed by atoms with Gasteiger partial charge in [-0.15, -0.1) is 0 Å². The number of esters is 1. The van der Waals surface area contributed by atoms with Crippen LogP contribution in [0.2, 0.25) is 0 Å². The summed E-state index contributed by atoms with van der Waals surface area (Å²) in [5, 5.41) is 2.17. The van der Waals surface area contributed by atoms with E-state index in [-0.39, 0.29) is 13.0 Å². The number of amides is 1. The Bertz CT molecular complexity index is 985. The number of nitrogens with one attached hydrogen (secondary N) is 1. The fraction of sp³-hybridized carbons (Fsp3) is 0.200. The van der Waals surface area contributed by atoms with Crippen molar-refractivity contribution >= 4 is 12.1 Å². The zero-order valence-electron chi connectivity index (χ0n) is 17.2. The molecule has 0 saturated heterocycles. The normalized spacial score (nSPS) is 12.6. The van der Waals surface area contributed by atoms with Crippen LogP contribution in [0.5, 0.6) is 0 Å². The van der Waals surface area contributed by atoms with Crippen molar-refractivity contribution in [3.8, 4) is 0 Å². The number of alkyl carbamates (subject to hydrolysis) is 1. The zero-order valence-corrected chi connectivity index (χ0v) is 17.2. The largest absolute Gasteiger partial charge is 0.455 e. The van der Waals surface area contributed by atoms with Gasteiger partial charge >= 0.3 is 12.1 Å². The van der Waals surface area contributed by atoms with Gasteiger partial charge in [0.1, 0.15) is 12.6 Å². The van der Waals surface area contributed by atoms with Crippen molar-refractivity contribution in [2.24, 2.45) is 0 Å². The molecule has 1 amide bonds. The molecule has 2 atom stereocenters. The van der Waals surface area contributed by atoms with E-state index in [1.165, 1.54) is 0 Å². The van der Waals surface area contributed by atoms with Crippen LogP contribution in [0.1, 0.15) is 22.8 Å². The first-order chi connectivity index (χ1) is 15.5. The molecule has 3 aromatic carbocycles. The van der Waals surface area contributed by atoms with Gasteiger partial charge in [-0.25, -0.2) is 13.6 Å². The van der Waals surface area contributed by atoms with Gasteiger partial charge in [0, 0.05) is 0 Å². The number of ether oxygens (including phenoxy) is 2. The van der Waals surface area contributed by atoms with E-state index in [4.69, 9.17) is 9.47 Å². The minimum absolute atomic E-state index is 0.0770. The van der Waals surface area contributed by atoms with Gasteiger partial charge in [-0.05, 0) is 16.7 Å². The molecule has 3 aromatic rings. The number of hydrogen-bond acceptors (Lipinski definition) is 4. The summed E-state index contributed by atoms with van der Waals surface area (Å²) in [5.41, 5.74) is 1.74. The number of hydrogen-bond donors (Lipinski definition) is 1. The molecule has 0 aliphatic rings. The maximum absolute atomic E-state index is 14.0. The van der Waals surface area contributed by atoms with Crippen molar-refractivity contribution in [1.82, 2.24) is 5.32 Å². The van der Waals surface area contributed by atoms with Crippen molar-refractivity contribution in [2.75, 3.05) is 0 Å². The summed E-state index contributed by atoms with van der Waals surface area (Å²) in [6.07, 6.45) is -5.51. The van der Waals surface area contributed by atoms with Crippen molar-refractivity contribution < 1.29 is 27.8 Å². The minimum atomic E-state index is -3.01. The molecule has 0 spiro atoms. The first-order valence-corrected chi connectivity index (χ1v) is 10.1. The Balaban J connectivity index is 1.72. The Morgan fingerprint density at radius 2 is 1.31 bits per heavy atom. The second kappa shape index (κ2) is 11.6. The Kier molecular flexibility index (Phi) is 8.31. The summed E-state index contributed by atoms with van der Waals surface area (Å²) in [4.78, 5) is 24.7. The molecule has 0 unspecified atom stereocenters. The second-order valence-electron chi connectivity index (χ2n) is 7.05. The molecule has 7 heteroatoms. The lowest BCUT2D eigenvalue weighted by molar-refractivity contribution is -0.152. The molecule has 0 radical (unpaired) electrons. The first-order valence-electron chi connectivity index (χ1n) is 10.1. The summed E-state index contributed by atoms with van der Waals surface area (Å²) in [5.74, 6) is -0.685. The van der Waals surface area contributed by atoms with Crippen LogP contribution in [0.3, 0.4) is 0 Å². The molecule has 0 bridgehead atoms. The fourth-order valence-electron chi connectivity index (χ4n) is 3.11. The highest BCUT2D eigenvalue weighted by Gasteiger charge is 2.36. The smallest absolute Gasteiger partial charge is 0.408 e. The van der Waals surface area contributed by atoms with Crippen molar-refractivity contribution in [3.05, 3.63) is 108 Å². The van der Waals surface area contributed by atoms with Crippen LogP contribution in [0.15, 0.2) is 91.0 Å². The lowest BCUT2D eigenvalue weighted by atomic mass is 10.0. The maximum atomic E-state index is 14.0. The standard InChI is InChI=1S/C25H23F2NO4/c26-24(27)22(28-25(30)31-17-19-12-6-2-7-13-19)23(20-14-8-3-9-15-20)32-21(29)16-18-10-4-1-5-11-18/h1-15,22-24H,16-17H2,(H,28,30)/t22-,23+/m1/s1. The molecule has 5 nitrogen and oxygen atoms in total. The number of alkyl halides is 2. The summed E-state index contributed by atoms with van der Waals surface area (Å²) in [6.45, 7) is -0.0770. The van der Waals surface area contributed by atoms with Crippen LogP contribution in [0.4, 0.5) is 13.6 Å². The average Bonchev–Trinajstić information content (AvgIpc) is 2.81. The summed E-state index contributed by atoms with van der Waals surface area (Å²) < 4.78 is 38.5. The predicted octanol–water partition coefficient (Wildman–Crippen LogP) is 5.07. The quantitative estimate of drug-likeness (QED) is 0.473. The third kappa shape index (κ3) is 6.91. The van der Waals surface area contributed by atoms with Gasteiger partial charge in [-0.2, -0.15) is 0 Å². The van der Waals surface area contributed by atoms with Crippen LogP contribution in [-0.4, -0.2) is 24.5 Å². The molecule has 0 fully saturated rings. The van der Waals surface area contributed by atoms with E-state index in [0.717, 1.165) is 0 Å². The van der Waals surface area contributed by atoms with Crippen LogP contribution in [0, 0.1) is 0 Å². The third-order valence-corrected chi connectivity index (χ3v) is 4.67. The molecule has 0 aromatic heterocycles. The van der Waals surface area contributed by atoms with Crippen LogP contribution < -0.4 is 5.32 Å². The predicted molar refractivity (Wildman–Crippen MR) is 115 cm³/mol. The van der Waals surface area contributed by atoms with Gasteiger partial charge in [0.15, 0.2) is 6.10 Å². The van der Waals surface area contributed by atoms with Gasteiger partial charge in [-0.3, -0.25) is 4.79 Å². The molecule has 0 saturated carbocycles. The third-order valence-electron chi connectivity index (χ3n) is 4.67. The van der Waals surface area contributed by atoms with E-state index in [9.17, 15) is 18.4 Å². The number of rotatable bonds is 9. The number of carbonyl (C=O) groups excluding carboxylic acids is 2. The number of benzene rings is 3. The van der Waals surface area contributed by atoms with Crippen LogP contribution >= 0.6 is 0 Å². The molecule has 3 rings (SSSR count). The minimum Gasteiger partial charge on any atom is -0.455 e. The molecule has 0 aliphatic heterocycles. The van der Waals surface area contributed by atoms with Gasteiger partial charge in [0.25, 0.3) is 6.43 Å². The van der Waals surface area contributed by atoms with Crippen LogP contribution in [0.25, 0.3) is 0 Å². The van der Waals surface area contributed by atoms with Gasteiger partial charge in [-0.1, -0.05) is 91.0 Å². The molecule has 0 aliphatic carbocycles. The zero-order chi connectivity index (χ0) is 22.8. The summed E-state index contributed by atoms with van der Waals surface area (Å²) >= 11 is 0. The lowest BCUT2D eigenvalue weighted by Gasteiger charge is -2.27. The lowest BCUT2D eigenvalue weighted by Crippen LogP contribution is -2.46. The second-order valence-corrected chi connectivity index (χ2v) is 7.05. The van der Waals surface area contributed by atoms with Crippen molar-refractivity contribution in [1.29, 1.82) is 0 Å². The monoisotopic (exact) mass is 439 g/mol. The summed E-state index contributed by atoms with van der Waals surface area (Å²) in [7, 11) is 0. The topological polar surface area (TPSA) is 64.6 Å². The van der Waals surface area contributed by atoms with Crippen molar-refractivity contribution in [3.63, 3.8) is 0 Å². The maximum Gasteiger partial charge on any atom is 0.408 e. The molecule has 166 valence electrons. The first kappa shape index (κ1) is 22.9. The highest BCUT2D eigenvalue weighted by Crippen LogP contribution is 2.26. The molecular weight excluding hydrogens is 416 g/mol. The van der Waals surface area contributed by atoms with Crippen LogP contribution in [-0.2, 0) is 27.3 Å². The van der Waals surface area contributed by atoms with E-state index < -0.39 is 30.6 Å². The van der Waals surface area contributed by atoms with Gasteiger partial charge < -0.3 is 14.8 Å². The Morgan fingerprint density at radius 1 is 0.781 bits per heavy atom. The van der Waals surface area contributed by atoms with Gasteiger partial charge in [0.2, 0.25) is 0 Å². The van der Waals surface area contributed by atoms with Gasteiger partial charge in [0.05, 0.1) is 6.42 Å². The van der Waals surface area contributed by atoms with E-state index in [0.29, 0.717) is 16.7 Å². The Labute approximate surface area is 185 Å². The number of carbonyl (C=O) groups is 2. The molecule has 1 N–H and O–H groups in total. The van der Waals surface area contributed by atoms with Crippen molar-refractivity contribution in [2.45, 2.75) is 31.6 Å². The van der Waals surface area contributed by atoms with E-state index in [2.05, 4.69) is 5.32 Å². The Hall–Kier alpha value is -3.74. The average molecular weight is 439 g/mol. The number of halogens is 2. The van der Waals surface area contributed by atoms with E-state index in [1.807, 2.05) is 6.07 Å². The molecule has 32 heavy (non-hydrogen) atoms. The summed E-state index contributed by atoms with van der Waals surface area (Å²) in [6, 6.07) is 24.0. The van der Waals surface area contributed by atoms with E-state index >= 15 is 0 Å². The fourth-order valence-corrected chi connectivity index (χ4v) is 3.11. The molecular formula is C25H23F2NO4. The highest BCUT2D eigenvalue weighted by atomic mass is 19.3.